The molecule has 21 heavy (non-hydrogen) atoms. The maximum Gasteiger partial charge on any atom is 2.00 e. The van der Waals surface area contributed by atoms with Crippen molar-refractivity contribution in [1.82, 2.24) is 0 Å². The summed E-state index contributed by atoms with van der Waals surface area (Å²) in [6, 6.07) is 0. The molecule has 0 atom stereocenters. The van der Waals surface area contributed by atoms with E-state index in [1.807, 2.05) is 0 Å². The topological polar surface area (TPSA) is 265 Å². The van der Waals surface area contributed by atoms with Gasteiger partial charge >= 0.3 is 189 Å². The van der Waals surface area contributed by atoms with Gasteiger partial charge in [0.05, 0.1) is 0 Å². The van der Waals surface area contributed by atoms with Gasteiger partial charge in [0.2, 0.25) is 0 Å². The van der Waals surface area contributed by atoms with Crippen LogP contribution in [0.3, 0.4) is 0 Å². The van der Waals surface area contributed by atoms with Crippen molar-refractivity contribution < 1.29 is 58.3 Å². The summed E-state index contributed by atoms with van der Waals surface area (Å²) in [4.78, 5) is 34.1. The molecule has 0 spiro atoms. The maximum absolute atomic E-state index is 8.52. The molecule has 0 unspecified atom stereocenters. The second kappa shape index (κ2) is 50.0. The number of rotatable bonds is 0. The van der Waals surface area contributed by atoms with E-state index in [1.54, 1.807) is 0 Å². The molecule has 0 heterocycles. The first kappa shape index (κ1) is 56.3. The van der Waals surface area contributed by atoms with E-state index in [0.29, 0.717) is 0 Å². The van der Waals surface area contributed by atoms with Crippen LogP contribution in [0.15, 0.2) is 0 Å². The van der Waals surface area contributed by atoms with E-state index < -0.39 is 33.0 Å². The molecule has 0 fully saturated rings. The van der Waals surface area contributed by atoms with Gasteiger partial charge in [-0.15, -0.1) is 0 Å². The van der Waals surface area contributed by atoms with Gasteiger partial charge in [-0.3, -0.25) is 14.6 Å². The summed E-state index contributed by atoms with van der Waals surface area (Å²) in [5, 5.41) is 50.5. The fraction of sp³-hybridized carbons (Fsp3) is 0. The third kappa shape index (κ3) is 474. The third-order valence-corrected chi connectivity index (χ3v) is 0. The molecule has 96 valence electrons. The summed E-state index contributed by atoms with van der Waals surface area (Å²) < 4.78 is 17.0. The van der Waals surface area contributed by atoms with Crippen molar-refractivity contribution in [3.8, 4) is 0 Å². The average molecular weight is 470 g/mol. The molecule has 0 aliphatic rings. The van der Waals surface area contributed by atoms with E-state index >= 15 is 0 Å². The average Bonchev–Trinajstić information content (AvgIpc) is 1.76. The predicted octanol–water partition coefficient (Wildman–Crippen LogP) is -15.6. The van der Waals surface area contributed by atoms with Crippen LogP contribution < -0.4 is 49.3 Å². The van der Waals surface area contributed by atoms with Gasteiger partial charge in [0.1, 0.15) is 0 Å². The van der Waals surface area contributed by atoms with Crippen molar-refractivity contribution in [2.45, 2.75) is 0 Å². The molecule has 0 aromatic carbocycles. The molecule has 0 rings (SSSR count). The van der Waals surface area contributed by atoms with Gasteiger partial charge in [0.25, 0.3) is 0 Å². The summed E-state index contributed by atoms with van der Waals surface area (Å²) in [5.74, 6) is 0. The van der Waals surface area contributed by atoms with Crippen molar-refractivity contribution >= 4 is 222 Å². The van der Waals surface area contributed by atoms with Crippen LogP contribution in [-0.2, 0) is 8.92 Å². The minimum absolute atomic E-state index is 0. The van der Waals surface area contributed by atoms with Crippen LogP contribution in [0.2, 0.25) is 0 Å². The summed E-state index contributed by atoms with van der Waals surface area (Å²) in [6.07, 6.45) is 0. The van der Waals surface area contributed by atoms with Gasteiger partial charge < -0.3 is 58.3 Å². The smallest absolute Gasteiger partial charge is 0.907 e. The quantitative estimate of drug-likeness (QED) is 0.299. The Morgan fingerprint density at radius 3 is 0.476 bits per heavy atom. The van der Waals surface area contributed by atoms with Crippen LogP contribution in [0.1, 0.15) is 0 Å². The van der Waals surface area contributed by atoms with Crippen LogP contribution in [0.25, 0.3) is 0 Å². The van der Waals surface area contributed by atoms with Crippen LogP contribution in [-0.4, -0.2) is 222 Å². The molecule has 0 aliphatic heterocycles. The van der Waals surface area contributed by atoms with Crippen molar-refractivity contribution in [1.29, 1.82) is 0 Å². The SMILES string of the molecule is O=[Si]([O-])[O-].O=[Si]([O-])[O-].[Ca+2].[Ca+2].[Ca+2].[Ca+2].[Ca+2].[O-]B([O-])[O-].[O-]B([O-])[O-]. The van der Waals surface area contributed by atoms with Gasteiger partial charge in [-0.25, -0.2) is 0 Å². The van der Waals surface area contributed by atoms with Crippen molar-refractivity contribution in [3.63, 3.8) is 0 Å². The van der Waals surface area contributed by atoms with Crippen LogP contribution >= 0.6 is 0 Å². The molecule has 21 heteroatoms. The minimum Gasteiger partial charge on any atom is -0.907 e. The summed E-state index contributed by atoms with van der Waals surface area (Å²) in [6.45, 7) is 0. The molecule has 0 aromatic rings. The third-order valence-electron chi connectivity index (χ3n) is 0. The summed E-state index contributed by atoms with van der Waals surface area (Å²) >= 11 is 0. The Morgan fingerprint density at radius 2 is 0.476 bits per heavy atom. The fourth-order valence-electron chi connectivity index (χ4n) is 0. The Hall–Kier alpha value is 5.42. The Morgan fingerprint density at radius 1 is 0.476 bits per heavy atom. The first-order chi connectivity index (χ1) is 6.93. The van der Waals surface area contributed by atoms with E-state index in [0.717, 1.165) is 0 Å². The van der Waals surface area contributed by atoms with Gasteiger partial charge in [-0.1, -0.05) is 0 Å². The normalized spacial score (nSPS) is 4.86. The molecule has 0 radical (unpaired) electrons. The van der Waals surface area contributed by atoms with E-state index in [9.17, 15) is 0 Å². The largest absolute Gasteiger partial charge is 2.00 e. The number of hydrogen-bond donors (Lipinski definition) is 0. The molecular weight excluding hydrogens is 470 g/mol. The zero-order chi connectivity index (χ0) is 14.3. The molecule has 12 nitrogen and oxygen atoms in total. The molecule has 0 saturated carbocycles. The predicted molar refractivity (Wildman–Crippen MR) is 53.2 cm³/mol. The molecule has 0 aliphatic carbocycles. The minimum atomic E-state index is -3.63. The Kier molecular flexibility index (Phi) is 134. The molecule has 0 amide bonds. The molecule has 0 aromatic heterocycles. The Labute approximate surface area is 273 Å². The first-order valence-corrected chi connectivity index (χ1v) is 5.09. The fourth-order valence-corrected chi connectivity index (χ4v) is 0. The van der Waals surface area contributed by atoms with Gasteiger partial charge in [0.15, 0.2) is 0 Å². The van der Waals surface area contributed by atoms with Crippen molar-refractivity contribution in [2.75, 3.05) is 0 Å². The second-order valence-electron chi connectivity index (χ2n) is 1.08. The summed E-state index contributed by atoms with van der Waals surface area (Å²) in [7, 11) is -13.1. The van der Waals surface area contributed by atoms with Crippen LogP contribution in [0.4, 0.5) is 0 Å². The number of hydrogen-bond acceptors (Lipinski definition) is 12. The Bertz CT molecular complexity index is 140. The molecular formula is B2Ca5O12Si2. The van der Waals surface area contributed by atoms with Crippen molar-refractivity contribution in [2.24, 2.45) is 0 Å². The van der Waals surface area contributed by atoms with E-state index in [4.69, 9.17) is 58.3 Å². The standard InChI is InChI=1S/2BO3.5Ca.2O3Si/c2*2-1(3)4;;;;;;2*1-4(2)3/q2*-3;5*+2;2*-2. The Balaban J connectivity index is -0.0000000121. The van der Waals surface area contributed by atoms with E-state index in [1.165, 1.54) is 0 Å². The maximum atomic E-state index is 8.52. The van der Waals surface area contributed by atoms with Gasteiger partial charge in [-0.2, -0.15) is 0 Å². The molecule has 0 saturated heterocycles. The summed E-state index contributed by atoms with van der Waals surface area (Å²) in [5.41, 5.74) is 0. The van der Waals surface area contributed by atoms with Crippen LogP contribution in [0.5, 0.6) is 0 Å². The van der Waals surface area contributed by atoms with Gasteiger partial charge in [0, 0.05) is 18.3 Å². The second-order valence-corrected chi connectivity index (χ2v) is 2.08. The van der Waals surface area contributed by atoms with Crippen molar-refractivity contribution in [3.05, 3.63) is 0 Å². The van der Waals surface area contributed by atoms with Crippen LogP contribution in [0, 0.1) is 0 Å². The molecule has 0 bridgehead atoms. The zero-order valence-corrected chi connectivity index (χ0v) is 23.6. The van der Waals surface area contributed by atoms with Gasteiger partial charge in [-0.05, 0) is 0 Å². The monoisotopic (exact) mass is 470 g/mol. The zero-order valence-electron chi connectivity index (χ0n) is 10.6. The molecule has 0 N–H and O–H groups in total. The van der Waals surface area contributed by atoms with E-state index in [-0.39, 0.29) is 189 Å². The first-order valence-electron chi connectivity index (χ1n) is 2.64. The van der Waals surface area contributed by atoms with E-state index in [2.05, 4.69) is 0 Å².